The van der Waals surface area contributed by atoms with E-state index in [9.17, 15) is 14.9 Å². The molecule has 2 N–H and O–H groups in total. The smallest absolute Gasteiger partial charge is 0.276 e. The first-order valence-electron chi connectivity index (χ1n) is 8.01. The molecular formula is C19H20N4O3. The molecule has 0 aliphatic rings. The van der Waals surface area contributed by atoms with Crippen LogP contribution >= 0.6 is 0 Å². The molecule has 0 atom stereocenters. The fraction of sp³-hybridized carbons (Fsp3) is 0.158. The minimum absolute atomic E-state index is 0.0130. The van der Waals surface area contributed by atoms with Crippen LogP contribution in [-0.2, 0) is 4.79 Å². The molecule has 0 aromatic heterocycles. The molecule has 1 amide bonds. The van der Waals surface area contributed by atoms with Crippen molar-refractivity contribution in [3.05, 3.63) is 75.3 Å². The fourth-order valence-corrected chi connectivity index (χ4v) is 2.40. The van der Waals surface area contributed by atoms with Gasteiger partial charge in [0.1, 0.15) is 0 Å². The molecule has 0 spiro atoms. The molecule has 0 radical (unpaired) electrons. The zero-order valence-electron chi connectivity index (χ0n) is 14.6. The summed E-state index contributed by atoms with van der Waals surface area (Å²) < 4.78 is 0. The summed E-state index contributed by atoms with van der Waals surface area (Å²) >= 11 is 0. The van der Waals surface area contributed by atoms with Crippen molar-refractivity contribution in [2.75, 3.05) is 11.9 Å². The Kier molecular flexibility index (Phi) is 6.61. The quantitative estimate of drug-likeness (QED) is 0.453. The molecular weight excluding hydrogens is 332 g/mol. The van der Waals surface area contributed by atoms with Crippen LogP contribution in [0.2, 0.25) is 0 Å². The number of nitro benzene ring substituents is 1. The number of carbonyl (C=O) groups is 1. The standard InChI is InChI=1S/C19H20N4O3/c1-14-7-5-8-15(2)19(14)20-13-18(24)22-21-12-6-10-16-9-3-4-11-17(16)23(25)26/h3-12,20H,13H2,1-2H3,(H,22,24)/b10-6+,21-12-. The lowest BCUT2D eigenvalue weighted by atomic mass is 10.1. The Bertz CT molecular complexity index is 839. The third kappa shape index (κ3) is 5.27. The van der Waals surface area contributed by atoms with Gasteiger partial charge in [0.25, 0.3) is 11.6 Å². The van der Waals surface area contributed by atoms with Gasteiger partial charge in [-0.2, -0.15) is 5.10 Å². The molecule has 2 aromatic carbocycles. The Morgan fingerprint density at radius 2 is 1.85 bits per heavy atom. The number of carbonyl (C=O) groups excluding carboxylic acids is 1. The molecule has 0 fully saturated rings. The van der Waals surface area contributed by atoms with Gasteiger partial charge in [0.05, 0.1) is 17.0 Å². The summed E-state index contributed by atoms with van der Waals surface area (Å²) in [6, 6.07) is 12.3. The normalized spacial score (nSPS) is 11.0. The average Bonchev–Trinajstić information content (AvgIpc) is 2.61. The molecule has 7 nitrogen and oxygen atoms in total. The van der Waals surface area contributed by atoms with Gasteiger partial charge in [0, 0.05) is 18.0 Å². The first kappa shape index (κ1) is 18.9. The fourth-order valence-electron chi connectivity index (χ4n) is 2.40. The van der Waals surface area contributed by atoms with E-state index in [4.69, 9.17) is 0 Å². The molecule has 0 saturated carbocycles. The molecule has 0 unspecified atom stereocenters. The largest absolute Gasteiger partial charge is 0.376 e. The van der Waals surface area contributed by atoms with Crippen molar-refractivity contribution < 1.29 is 9.72 Å². The minimum atomic E-state index is -0.447. The maximum absolute atomic E-state index is 11.8. The average molecular weight is 352 g/mol. The summed E-state index contributed by atoms with van der Waals surface area (Å²) in [5, 5.41) is 17.8. The van der Waals surface area contributed by atoms with Gasteiger partial charge in [-0.15, -0.1) is 0 Å². The molecule has 7 heteroatoms. The first-order chi connectivity index (χ1) is 12.5. The molecule has 0 aliphatic carbocycles. The lowest BCUT2D eigenvalue weighted by molar-refractivity contribution is -0.385. The number of hydrazone groups is 1. The van der Waals surface area contributed by atoms with Gasteiger partial charge in [-0.05, 0) is 43.2 Å². The van der Waals surface area contributed by atoms with Crippen LogP contribution in [0.4, 0.5) is 11.4 Å². The number of rotatable bonds is 7. The third-order valence-electron chi connectivity index (χ3n) is 3.67. The lowest BCUT2D eigenvalue weighted by Crippen LogP contribution is -2.26. The SMILES string of the molecule is Cc1cccc(C)c1NCC(=O)N/N=C\C=C\c1ccccc1[N+](=O)[O-]. The number of nitrogens with one attached hydrogen (secondary N) is 2. The Hall–Kier alpha value is -3.48. The van der Waals surface area contributed by atoms with E-state index in [0.717, 1.165) is 16.8 Å². The van der Waals surface area contributed by atoms with Crippen LogP contribution in [0.15, 0.2) is 53.6 Å². The number of aryl methyl sites for hydroxylation is 2. The highest BCUT2D eigenvalue weighted by atomic mass is 16.6. The highest BCUT2D eigenvalue weighted by molar-refractivity contribution is 5.84. The lowest BCUT2D eigenvalue weighted by Gasteiger charge is -2.11. The summed E-state index contributed by atoms with van der Waals surface area (Å²) in [5.41, 5.74) is 5.94. The van der Waals surface area contributed by atoms with Gasteiger partial charge >= 0.3 is 0 Å². The third-order valence-corrected chi connectivity index (χ3v) is 3.67. The van der Waals surface area contributed by atoms with Crippen molar-refractivity contribution in [2.24, 2.45) is 5.10 Å². The second kappa shape index (κ2) is 9.12. The van der Waals surface area contributed by atoms with Crippen molar-refractivity contribution in [3.63, 3.8) is 0 Å². The predicted molar refractivity (Wildman–Crippen MR) is 103 cm³/mol. The number of benzene rings is 2. The van der Waals surface area contributed by atoms with Gasteiger partial charge in [-0.25, -0.2) is 5.43 Å². The maximum atomic E-state index is 11.8. The van der Waals surface area contributed by atoms with Crippen LogP contribution in [0.3, 0.4) is 0 Å². The summed E-state index contributed by atoms with van der Waals surface area (Å²) in [4.78, 5) is 22.3. The highest BCUT2D eigenvalue weighted by Crippen LogP contribution is 2.19. The van der Waals surface area contributed by atoms with E-state index in [0.29, 0.717) is 5.56 Å². The van der Waals surface area contributed by atoms with Crippen molar-refractivity contribution >= 4 is 29.6 Å². The van der Waals surface area contributed by atoms with Crippen molar-refractivity contribution in [1.29, 1.82) is 0 Å². The number of amides is 1. The van der Waals surface area contributed by atoms with E-state index in [2.05, 4.69) is 15.8 Å². The van der Waals surface area contributed by atoms with E-state index in [1.165, 1.54) is 18.4 Å². The molecule has 0 bridgehead atoms. The van der Waals surface area contributed by atoms with Crippen LogP contribution < -0.4 is 10.7 Å². The van der Waals surface area contributed by atoms with E-state index < -0.39 is 4.92 Å². The Labute approximate surface area is 151 Å². The second-order valence-corrected chi connectivity index (χ2v) is 5.61. The Balaban J connectivity index is 1.85. The van der Waals surface area contributed by atoms with Crippen molar-refractivity contribution in [1.82, 2.24) is 5.43 Å². The van der Waals surface area contributed by atoms with Gasteiger partial charge in [-0.1, -0.05) is 30.3 Å². The molecule has 2 rings (SSSR count). The van der Waals surface area contributed by atoms with Crippen molar-refractivity contribution in [3.8, 4) is 0 Å². The summed E-state index contributed by atoms with van der Waals surface area (Å²) in [5.74, 6) is -0.289. The Morgan fingerprint density at radius 3 is 2.54 bits per heavy atom. The zero-order chi connectivity index (χ0) is 18.9. The highest BCUT2D eigenvalue weighted by Gasteiger charge is 2.08. The van der Waals surface area contributed by atoms with Crippen LogP contribution in [0, 0.1) is 24.0 Å². The number of allylic oxidation sites excluding steroid dienone is 1. The number of hydrogen-bond acceptors (Lipinski definition) is 5. The van der Waals surface area contributed by atoms with Gasteiger partial charge in [0.2, 0.25) is 0 Å². The van der Waals surface area contributed by atoms with E-state index in [1.807, 2.05) is 32.0 Å². The maximum Gasteiger partial charge on any atom is 0.276 e. The number of anilines is 1. The Morgan fingerprint density at radius 1 is 1.15 bits per heavy atom. The number of nitrogens with zero attached hydrogens (tertiary/aromatic N) is 2. The van der Waals surface area contributed by atoms with Crippen LogP contribution in [-0.4, -0.2) is 23.6 Å². The minimum Gasteiger partial charge on any atom is -0.376 e. The molecule has 0 aliphatic heterocycles. The van der Waals surface area contributed by atoms with Gasteiger partial charge in [0.15, 0.2) is 0 Å². The van der Waals surface area contributed by atoms with Crippen LogP contribution in [0.1, 0.15) is 16.7 Å². The topological polar surface area (TPSA) is 96.6 Å². The van der Waals surface area contributed by atoms with Gasteiger partial charge in [-0.3, -0.25) is 14.9 Å². The first-order valence-corrected chi connectivity index (χ1v) is 8.01. The summed E-state index contributed by atoms with van der Waals surface area (Å²) in [6.45, 7) is 4.04. The molecule has 0 saturated heterocycles. The monoisotopic (exact) mass is 352 g/mol. The van der Waals surface area contributed by atoms with E-state index >= 15 is 0 Å². The molecule has 134 valence electrons. The van der Waals surface area contributed by atoms with E-state index in [-0.39, 0.29) is 18.1 Å². The molecule has 26 heavy (non-hydrogen) atoms. The van der Waals surface area contributed by atoms with E-state index in [1.54, 1.807) is 24.3 Å². The van der Waals surface area contributed by atoms with Crippen LogP contribution in [0.25, 0.3) is 6.08 Å². The molecule has 2 aromatic rings. The number of hydrogen-bond donors (Lipinski definition) is 2. The predicted octanol–water partition coefficient (Wildman–Crippen LogP) is 3.44. The zero-order valence-corrected chi connectivity index (χ0v) is 14.6. The van der Waals surface area contributed by atoms with Gasteiger partial charge < -0.3 is 5.32 Å². The number of nitro groups is 1. The summed E-state index contributed by atoms with van der Waals surface area (Å²) in [6.07, 6.45) is 4.46. The summed E-state index contributed by atoms with van der Waals surface area (Å²) in [7, 11) is 0. The van der Waals surface area contributed by atoms with Crippen molar-refractivity contribution in [2.45, 2.75) is 13.8 Å². The molecule has 0 heterocycles. The number of para-hydroxylation sites is 2. The van der Waals surface area contributed by atoms with Crippen LogP contribution in [0.5, 0.6) is 0 Å². The second-order valence-electron chi connectivity index (χ2n) is 5.61.